The van der Waals surface area contributed by atoms with E-state index in [0.29, 0.717) is 29.1 Å². The molecular formula is C13H16ClNO4S. The van der Waals surface area contributed by atoms with Crippen molar-refractivity contribution in [2.45, 2.75) is 18.9 Å². The lowest BCUT2D eigenvalue weighted by molar-refractivity contribution is 0.0602. The Kier molecular flexibility index (Phi) is 4.55. The average molecular weight is 318 g/mol. The third kappa shape index (κ3) is 3.64. The molecule has 1 aromatic carbocycles. The van der Waals surface area contributed by atoms with Crippen molar-refractivity contribution in [3.63, 3.8) is 0 Å². The summed E-state index contributed by atoms with van der Waals surface area (Å²) >= 11 is 5.94. The van der Waals surface area contributed by atoms with Crippen LogP contribution in [0.25, 0.3) is 0 Å². The lowest BCUT2D eigenvalue weighted by Gasteiger charge is -2.25. The van der Waals surface area contributed by atoms with Crippen molar-refractivity contribution in [2.75, 3.05) is 23.9 Å². The van der Waals surface area contributed by atoms with Gasteiger partial charge in [-0.15, -0.1) is 0 Å². The molecule has 1 aromatic rings. The van der Waals surface area contributed by atoms with Crippen molar-refractivity contribution in [2.24, 2.45) is 0 Å². The first kappa shape index (κ1) is 15.1. The van der Waals surface area contributed by atoms with E-state index in [1.807, 2.05) is 0 Å². The summed E-state index contributed by atoms with van der Waals surface area (Å²) in [7, 11) is -1.59. The van der Waals surface area contributed by atoms with E-state index in [-0.39, 0.29) is 17.5 Å². The Morgan fingerprint density at radius 1 is 1.35 bits per heavy atom. The number of methoxy groups -OCH3 is 1. The van der Waals surface area contributed by atoms with Crippen molar-refractivity contribution < 1.29 is 17.9 Å². The van der Waals surface area contributed by atoms with E-state index in [1.54, 1.807) is 18.2 Å². The number of anilines is 1. The molecule has 0 unspecified atom stereocenters. The number of hydrogen-bond donors (Lipinski definition) is 1. The number of nitrogens with one attached hydrogen (secondary N) is 1. The van der Waals surface area contributed by atoms with Crippen molar-refractivity contribution in [3.8, 4) is 0 Å². The van der Waals surface area contributed by atoms with E-state index < -0.39 is 15.8 Å². The Morgan fingerprint density at radius 2 is 2.00 bits per heavy atom. The monoisotopic (exact) mass is 317 g/mol. The number of esters is 1. The lowest BCUT2D eigenvalue weighted by atomic mass is 10.1. The maximum atomic E-state index is 11.7. The third-order valence-corrected chi connectivity index (χ3v) is 5.25. The summed E-state index contributed by atoms with van der Waals surface area (Å²) in [6.07, 6.45) is 1.05. The number of benzene rings is 1. The van der Waals surface area contributed by atoms with Gasteiger partial charge in [-0.25, -0.2) is 13.2 Å². The van der Waals surface area contributed by atoms with Crippen molar-refractivity contribution in [1.29, 1.82) is 0 Å². The smallest absolute Gasteiger partial charge is 0.339 e. The van der Waals surface area contributed by atoms with Crippen molar-refractivity contribution in [1.82, 2.24) is 0 Å². The van der Waals surface area contributed by atoms with Crippen LogP contribution in [0, 0.1) is 0 Å². The molecule has 1 aliphatic rings. The molecule has 7 heteroatoms. The van der Waals surface area contributed by atoms with Gasteiger partial charge >= 0.3 is 5.97 Å². The van der Waals surface area contributed by atoms with Gasteiger partial charge in [-0.2, -0.15) is 0 Å². The second-order valence-corrected chi connectivity index (χ2v) is 7.49. The van der Waals surface area contributed by atoms with Crippen LogP contribution in [0.3, 0.4) is 0 Å². The Hall–Kier alpha value is -1.27. The van der Waals surface area contributed by atoms with E-state index in [0.717, 1.165) is 0 Å². The predicted octanol–water partition coefficient (Wildman–Crippen LogP) is 2.12. The quantitative estimate of drug-likeness (QED) is 0.864. The zero-order chi connectivity index (χ0) is 14.8. The van der Waals surface area contributed by atoms with Gasteiger partial charge in [0.25, 0.3) is 0 Å². The molecule has 0 saturated carbocycles. The summed E-state index contributed by atoms with van der Waals surface area (Å²) < 4.78 is 27.5. The van der Waals surface area contributed by atoms with E-state index >= 15 is 0 Å². The third-order valence-electron chi connectivity index (χ3n) is 3.30. The summed E-state index contributed by atoms with van der Waals surface area (Å²) in [5, 5.41) is 3.70. The number of halogens is 1. The fourth-order valence-electron chi connectivity index (χ4n) is 2.18. The molecule has 1 aliphatic heterocycles. The van der Waals surface area contributed by atoms with E-state index in [9.17, 15) is 13.2 Å². The highest BCUT2D eigenvalue weighted by Crippen LogP contribution is 2.25. The summed E-state index contributed by atoms with van der Waals surface area (Å²) in [6.45, 7) is 0. The molecule has 110 valence electrons. The number of hydrogen-bond acceptors (Lipinski definition) is 5. The number of carbonyl (C=O) groups excluding carboxylic acids is 1. The van der Waals surface area contributed by atoms with Crippen LogP contribution >= 0.6 is 11.6 Å². The molecule has 1 saturated heterocycles. The Bertz CT molecular complexity index is 601. The molecule has 0 bridgehead atoms. The molecule has 0 radical (unpaired) electrons. The number of sulfone groups is 1. The first-order chi connectivity index (χ1) is 9.41. The van der Waals surface area contributed by atoms with Gasteiger partial charge in [0.1, 0.15) is 9.84 Å². The van der Waals surface area contributed by atoms with Crippen LogP contribution in [0.15, 0.2) is 18.2 Å². The van der Waals surface area contributed by atoms with Gasteiger partial charge in [0, 0.05) is 11.1 Å². The lowest BCUT2D eigenvalue weighted by Crippen LogP contribution is -2.32. The maximum Gasteiger partial charge on any atom is 0.339 e. The molecule has 1 heterocycles. The highest BCUT2D eigenvalue weighted by Gasteiger charge is 2.24. The van der Waals surface area contributed by atoms with Gasteiger partial charge in [0.05, 0.1) is 29.9 Å². The Labute approximate surface area is 123 Å². The Balaban J connectivity index is 2.16. The van der Waals surface area contributed by atoms with Gasteiger partial charge in [0.15, 0.2) is 0 Å². The standard InChI is InChI=1S/C13H16ClNO4S/c1-19-13(16)11-3-2-9(14)8-12(11)15-10-4-6-20(17,18)7-5-10/h2-3,8,10,15H,4-7H2,1H3. The minimum absolute atomic E-state index is 0.0143. The summed E-state index contributed by atoms with van der Waals surface area (Å²) in [5.74, 6) is -0.120. The normalized spacial score (nSPS) is 18.5. The molecule has 1 fully saturated rings. The zero-order valence-electron chi connectivity index (χ0n) is 11.1. The van der Waals surface area contributed by atoms with Crippen molar-refractivity contribution >= 4 is 33.1 Å². The molecule has 5 nitrogen and oxygen atoms in total. The van der Waals surface area contributed by atoms with Crippen LogP contribution in [0.1, 0.15) is 23.2 Å². The zero-order valence-corrected chi connectivity index (χ0v) is 12.6. The van der Waals surface area contributed by atoms with Gasteiger partial charge in [-0.3, -0.25) is 0 Å². The largest absolute Gasteiger partial charge is 0.465 e. The van der Waals surface area contributed by atoms with E-state index in [1.165, 1.54) is 7.11 Å². The first-order valence-electron chi connectivity index (χ1n) is 6.26. The molecule has 2 rings (SSSR count). The molecule has 1 N–H and O–H groups in total. The summed E-state index contributed by atoms with van der Waals surface area (Å²) in [5.41, 5.74) is 0.971. The fraction of sp³-hybridized carbons (Fsp3) is 0.462. The topological polar surface area (TPSA) is 72.5 Å². The van der Waals surface area contributed by atoms with Crippen LogP contribution in [0.5, 0.6) is 0 Å². The molecule has 0 spiro atoms. The van der Waals surface area contributed by atoms with Crippen molar-refractivity contribution in [3.05, 3.63) is 28.8 Å². The first-order valence-corrected chi connectivity index (χ1v) is 8.46. The average Bonchev–Trinajstić information content (AvgIpc) is 2.40. The van der Waals surface area contributed by atoms with Crippen LogP contribution in [-0.4, -0.2) is 39.0 Å². The molecular weight excluding hydrogens is 302 g/mol. The SMILES string of the molecule is COC(=O)c1ccc(Cl)cc1NC1CCS(=O)(=O)CC1. The highest BCUT2D eigenvalue weighted by atomic mass is 35.5. The molecule has 0 aliphatic carbocycles. The number of ether oxygens (including phenoxy) is 1. The molecule has 0 amide bonds. The molecule has 0 atom stereocenters. The number of rotatable bonds is 3. The Morgan fingerprint density at radius 3 is 2.60 bits per heavy atom. The fourth-order valence-corrected chi connectivity index (χ4v) is 3.84. The van der Waals surface area contributed by atoms with E-state index in [2.05, 4.69) is 5.32 Å². The minimum atomic E-state index is -2.90. The van der Waals surface area contributed by atoms with Gasteiger partial charge in [-0.1, -0.05) is 11.6 Å². The molecule has 20 heavy (non-hydrogen) atoms. The van der Waals surface area contributed by atoms with E-state index in [4.69, 9.17) is 16.3 Å². The highest BCUT2D eigenvalue weighted by molar-refractivity contribution is 7.91. The van der Waals surface area contributed by atoms with Crippen LogP contribution < -0.4 is 5.32 Å². The summed E-state index contributed by atoms with van der Waals surface area (Å²) in [6, 6.07) is 4.87. The van der Waals surface area contributed by atoms with Crippen LogP contribution in [0.2, 0.25) is 5.02 Å². The molecule has 0 aromatic heterocycles. The predicted molar refractivity (Wildman–Crippen MR) is 78.1 cm³/mol. The second-order valence-electron chi connectivity index (χ2n) is 4.75. The van der Waals surface area contributed by atoms with Gasteiger partial charge in [0.2, 0.25) is 0 Å². The maximum absolute atomic E-state index is 11.7. The number of carbonyl (C=O) groups is 1. The van der Waals surface area contributed by atoms with Gasteiger partial charge in [-0.05, 0) is 31.0 Å². The summed E-state index contributed by atoms with van der Waals surface area (Å²) in [4.78, 5) is 11.7. The van der Waals surface area contributed by atoms with Gasteiger partial charge < -0.3 is 10.1 Å². The van der Waals surface area contributed by atoms with Crippen LogP contribution in [0.4, 0.5) is 5.69 Å². The van der Waals surface area contributed by atoms with Crippen LogP contribution in [-0.2, 0) is 14.6 Å². The second kappa shape index (κ2) is 6.01. The minimum Gasteiger partial charge on any atom is -0.465 e.